The Kier molecular flexibility index (Phi) is 2.15. The van der Waals surface area contributed by atoms with Gasteiger partial charge in [0.05, 0.1) is 5.56 Å². The van der Waals surface area contributed by atoms with E-state index in [1.807, 2.05) is 19.9 Å². The summed E-state index contributed by atoms with van der Waals surface area (Å²) in [6.07, 6.45) is 1.64. The van der Waals surface area contributed by atoms with Crippen LogP contribution in [0, 0.1) is 13.8 Å². The number of aromatic nitrogens is 1. The average molecular weight is 201 g/mol. The van der Waals surface area contributed by atoms with Crippen LogP contribution in [0.1, 0.15) is 21.6 Å². The van der Waals surface area contributed by atoms with Crippen molar-refractivity contribution >= 4 is 16.7 Å². The van der Waals surface area contributed by atoms with Crippen molar-refractivity contribution in [3.63, 3.8) is 0 Å². The van der Waals surface area contributed by atoms with Crippen LogP contribution in [0.15, 0.2) is 24.4 Å². The van der Waals surface area contributed by atoms with Crippen LogP contribution in [0.3, 0.4) is 0 Å². The van der Waals surface area contributed by atoms with E-state index in [4.69, 9.17) is 5.11 Å². The van der Waals surface area contributed by atoms with E-state index in [1.54, 1.807) is 18.3 Å². The second-order valence-electron chi connectivity index (χ2n) is 3.55. The number of carboxylic acids is 1. The van der Waals surface area contributed by atoms with Crippen molar-refractivity contribution in [3.05, 3.63) is 41.2 Å². The molecule has 1 aromatic heterocycles. The first-order valence-corrected chi connectivity index (χ1v) is 4.69. The molecule has 0 atom stereocenters. The van der Waals surface area contributed by atoms with Gasteiger partial charge in [0.1, 0.15) is 0 Å². The van der Waals surface area contributed by atoms with Crippen LogP contribution < -0.4 is 0 Å². The maximum atomic E-state index is 11.0. The summed E-state index contributed by atoms with van der Waals surface area (Å²) in [5, 5.41) is 10.7. The maximum absolute atomic E-state index is 11.0. The molecule has 1 aromatic carbocycles. The van der Waals surface area contributed by atoms with Gasteiger partial charge in [0, 0.05) is 17.3 Å². The molecule has 2 aromatic rings. The number of hydrogen-bond acceptors (Lipinski definition) is 2. The van der Waals surface area contributed by atoms with E-state index < -0.39 is 5.97 Å². The highest BCUT2D eigenvalue weighted by Gasteiger charge is 2.10. The largest absolute Gasteiger partial charge is 0.478 e. The summed E-state index contributed by atoms with van der Waals surface area (Å²) in [4.78, 5) is 15.2. The summed E-state index contributed by atoms with van der Waals surface area (Å²) in [6.45, 7) is 3.85. The van der Waals surface area contributed by atoms with Crippen LogP contribution >= 0.6 is 0 Å². The van der Waals surface area contributed by atoms with Crippen molar-refractivity contribution in [2.75, 3.05) is 0 Å². The summed E-state index contributed by atoms with van der Waals surface area (Å²) < 4.78 is 0. The molecule has 3 nitrogen and oxygen atoms in total. The Bertz CT molecular complexity index is 538. The summed E-state index contributed by atoms with van der Waals surface area (Å²) in [6, 6.07) is 5.21. The van der Waals surface area contributed by atoms with Crippen LogP contribution in [0.25, 0.3) is 10.8 Å². The lowest BCUT2D eigenvalue weighted by molar-refractivity contribution is 0.0699. The molecule has 0 saturated carbocycles. The highest BCUT2D eigenvalue weighted by Crippen LogP contribution is 2.24. The number of pyridine rings is 1. The molecule has 0 radical (unpaired) electrons. The van der Waals surface area contributed by atoms with E-state index in [1.165, 1.54) is 0 Å². The zero-order valence-electron chi connectivity index (χ0n) is 8.61. The number of aromatic carboxylic acids is 1. The molecule has 0 unspecified atom stereocenters. The Balaban J connectivity index is 2.95. The van der Waals surface area contributed by atoms with E-state index in [0.717, 1.165) is 22.0 Å². The van der Waals surface area contributed by atoms with Gasteiger partial charge in [0.25, 0.3) is 0 Å². The fraction of sp³-hybridized carbons (Fsp3) is 0.167. The molecule has 0 aliphatic rings. The van der Waals surface area contributed by atoms with E-state index in [9.17, 15) is 4.79 Å². The third kappa shape index (κ3) is 1.46. The van der Waals surface area contributed by atoms with Gasteiger partial charge < -0.3 is 5.11 Å². The van der Waals surface area contributed by atoms with Crippen molar-refractivity contribution in [3.8, 4) is 0 Å². The van der Waals surface area contributed by atoms with Crippen molar-refractivity contribution in [1.82, 2.24) is 4.98 Å². The van der Waals surface area contributed by atoms with Crippen LogP contribution in [0.2, 0.25) is 0 Å². The van der Waals surface area contributed by atoms with Gasteiger partial charge in [-0.2, -0.15) is 0 Å². The molecular formula is C12H11NO2. The topological polar surface area (TPSA) is 50.2 Å². The third-order valence-corrected chi connectivity index (χ3v) is 2.56. The van der Waals surface area contributed by atoms with Gasteiger partial charge in [-0.15, -0.1) is 0 Å². The van der Waals surface area contributed by atoms with Crippen molar-refractivity contribution < 1.29 is 9.90 Å². The first kappa shape index (κ1) is 9.65. The molecule has 1 N–H and O–H groups in total. The molecule has 0 aliphatic heterocycles. The minimum Gasteiger partial charge on any atom is -0.478 e. The van der Waals surface area contributed by atoms with E-state index in [-0.39, 0.29) is 0 Å². The van der Waals surface area contributed by atoms with Crippen molar-refractivity contribution in [2.45, 2.75) is 13.8 Å². The number of carbonyl (C=O) groups is 1. The van der Waals surface area contributed by atoms with Crippen LogP contribution in [-0.2, 0) is 0 Å². The lowest BCUT2D eigenvalue weighted by Crippen LogP contribution is -1.99. The molecule has 0 bridgehead atoms. The van der Waals surface area contributed by atoms with Crippen LogP contribution in [-0.4, -0.2) is 16.1 Å². The lowest BCUT2D eigenvalue weighted by Gasteiger charge is -2.07. The Morgan fingerprint density at radius 3 is 2.67 bits per heavy atom. The predicted molar refractivity (Wildman–Crippen MR) is 58.2 cm³/mol. The summed E-state index contributed by atoms with van der Waals surface area (Å²) in [7, 11) is 0. The standard InChI is InChI=1S/C12H11NO2/c1-7-3-4-10(12(14)15)9-5-6-13-8(2)11(7)9/h3-6H,1-2H3,(H,14,15). The monoisotopic (exact) mass is 201 g/mol. The summed E-state index contributed by atoms with van der Waals surface area (Å²) in [5.41, 5.74) is 2.26. The van der Waals surface area contributed by atoms with Crippen LogP contribution in [0.5, 0.6) is 0 Å². The second kappa shape index (κ2) is 3.35. The highest BCUT2D eigenvalue weighted by molar-refractivity contribution is 6.05. The van der Waals surface area contributed by atoms with E-state index >= 15 is 0 Å². The minimum atomic E-state index is -0.898. The number of hydrogen-bond donors (Lipinski definition) is 1. The Labute approximate surface area is 87.4 Å². The summed E-state index contributed by atoms with van der Waals surface area (Å²) in [5.74, 6) is -0.898. The van der Waals surface area contributed by atoms with Gasteiger partial charge in [-0.3, -0.25) is 4.98 Å². The third-order valence-electron chi connectivity index (χ3n) is 2.56. The molecule has 0 aliphatic carbocycles. The SMILES string of the molecule is Cc1ccc(C(=O)O)c2ccnc(C)c12. The molecule has 0 amide bonds. The van der Waals surface area contributed by atoms with Crippen molar-refractivity contribution in [1.29, 1.82) is 0 Å². The van der Waals surface area contributed by atoms with Crippen LogP contribution in [0.4, 0.5) is 0 Å². The zero-order valence-corrected chi connectivity index (χ0v) is 8.61. The number of rotatable bonds is 1. The Morgan fingerprint density at radius 1 is 1.27 bits per heavy atom. The zero-order chi connectivity index (χ0) is 11.0. The number of nitrogens with zero attached hydrogens (tertiary/aromatic N) is 1. The molecule has 2 rings (SSSR count). The number of carboxylic acid groups (broad SMARTS) is 1. The van der Waals surface area contributed by atoms with Crippen molar-refractivity contribution in [2.24, 2.45) is 0 Å². The fourth-order valence-corrected chi connectivity index (χ4v) is 1.86. The van der Waals surface area contributed by atoms with E-state index in [2.05, 4.69) is 4.98 Å². The Morgan fingerprint density at radius 2 is 2.00 bits per heavy atom. The fourth-order valence-electron chi connectivity index (χ4n) is 1.86. The maximum Gasteiger partial charge on any atom is 0.336 e. The van der Waals surface area contributed by atoms with Gasteiger partial charge in [0.2, 0.25) is 0 Å². The molecule has 0 saturated heterocycles. The van der Waals surface area contributed by atoms with Gasteiger partial charge in [-0.25, -0.2) is 4.79 Å². The Hall–Kier alpha value is -1.90. The summed E-state index contributed by atoms with van der Waals surface area (Å²) >= 11 is 0. The molecule has 1 heterocycles. The smallest absolute Gasteiger partial charge is 0.336 e. The minimum absolute atomic E-state index is 0.334. The number of benzene rings is 1. The number of fused-ring (bicyclic) bond motifs is 1. The molecular weight excluding hydrogens is 190 g/mol. The molecule has 76 valence electrons. The normalized spacial score (nSPS) is 10.5. The molecule has 0 spiro atoms. The van der Waals surface area contributed by atoms with Gasteiger partial charge in [0.15, 0.2) is 0 Å². The van der Waals surface area contributed by atoms with E-state index in [0.29, 0.717) is 5.56 Å². The second-order valence-corrected chi connectivity index (χ2v) is 3.55. The molecule has 3 heteroatoms. The quantitative estimate of drug-likeness (QED) is 0.771. The first-order chi connectivity index (χ1) is 7.11. The van der Waals surface area contributed by atoms with Gasteiger partial charge >= 0.3 is 5.97 Å². The average Bonchev–Trinajstić information content (AvgIpc) is 2.17. The predicted octanol–water partition coefficient (Wildman–Crippen LogP) is 2.55. The van der Waals surface area contributed by atoms with Gasteiger partial charge in [-0.05, 0) is 36.9 Å². The lowest BCUT2D eigenvalue weighted by atomic mass is 10.00. The highest BCUT2D eigenvalue weighted by atomic mass is 16.4. The number of aryl methyl sites for hydroxylation is 2. The molecule has 0 fully saturated rings. The first-order valence-electron chi connectivity index (χ1n) is 4.69. The molecule has 15 heavy (non-hydrogen) atoms. The van der Waals surface area contributed by atoms with Gasteiger partial charge in [-0.1, -0.05) is 6.07 Å².